The highest BCUT2D eigenvalue weighted by Gasteiger charge is 2.34. The highest BCUT2D eigenvalue weighted by atomic mass is 19.4. The Labute approximate surface area is 82.5 Å². The van der Waals surface area contributed by atoms with Crippen molar-refractivity contribution >= 4 is 5.82 Å². The zero-order valence-electron chi connectivity index (χ0n) is 7.38. The molecule has 8 heteroatoms. The Balaban J connectivity index is 3.20. The van der Waals surface area contributed by atoms with Crippen LogP contribution in [0.3, 0.4) is 0 Å². The van der Waals surface area contributed by atoms with E-state index in [9.17, 15) is 13.2 Å². The number of halogens is 3. The van der Waals surface area contributed by atoms with Gasteiger partial charge in [0.25, 0.3) is 0 Å². The van der Waals surface area contributed by atoms with E-state index in [0.717, 1.165) is 6.20 Å². The molecule has 0 aliphatic rings. The summed E-state index contributed by atoms with van der Waals surface area (Å²) in [4.78, 5) is 3.44. The zero-order chi connectivity index (χ0) is 11.6. The van der Waals surface area contributed by atoms with Gasteiger partial charge < -0.3 is 21.3 Å². The van der Waals surface area contributed by atoms with E-state index in [1.54, 1.807) is 0 Å². The lowest BCUT2D eigenvalue weighted by molar-refractivity contribution is -0.275. The molecule has 15 heavy (non-hydrogen) atoms. The fourth-order valence-corrected chi connectivity index (χ4v) is 0.965. The lowest BCUT2D eigenvalue weighted by Gasteiger charge is -2.14. The van der Waals surface area contributed by atoms with Gasteiger partial charge in [-0.15, -0.1) is 13.2 Å². The Morgan fingerprint density at radius 1 is 1.47 bits per heavy atom. The maximum atomic E-state index is 11.9. The Kier molecular flexibility index (Phi) is 2.89. The van der Waals surface area contributed by atoms with Gasteiger partial charge in [0.15, 0.2) is 11.5 Å². The number of pyridine rings is 1. The van der Waals surface area contributed by atoms with Crippen LogP contribution in [-0.2, 0) is 6.54 Å². The van der Waals surface area contributed by atoms with Crippen LogP contribution in [0.1, 0.15) is 5.56 Å². The van der Waals surface area contributed by atoms with Crippen molar-refractivity contribution in [2.45, 2.75) is 12.9 Å². The lowest BCUT2D eigenvalue weighted by atomic mass is 10.2. The second kappa shape index (κ2) is 3.81. The van der Waals surface area contributed by atoms with Gasteiger partial charge in [0.2, 0.25) is 0 Å². The lowest BCUT2D eigenvalue weighted by Crippen LogP contribution is -2.19. The van der Waals surface area contributed by atoms with Gasteiger partial charge in [-0.1, -0.05) is 0 Å². The van der Waals surface area contributed by atoms with E-state index in [1.807, 2.05) is 0 Å². The van der Waals surface area contributed by atoms with E-state index < -0.39 is 17.9 Å². The monoisotopic (exact) mass is 223 g/mol. The number of aromatic hydroxyl groups is 1. The molecule has 0 bridgehead atoms. The molecule has 5 N–H and O–H groups in total. The summed E-state index contributed by atoms with van der Waals surface area (Å²) in [6.07, 6.45) is -4.16. The van der Waals surface area contributed by atoms with Crippen LogP contribution in [0.2, 0.25) is 0 Å². The van der Waals surface area contributed by atoms with Crippen LogP contribution >= 0.6 is 0 Å². The number of ether oxygens (including phenoxy) is 1. The van der Waals surface area contributed by atoms with Crippen molar-refractivity contribution in [3.05, 3.63) is 11.8 Å². The van der Waals surface area contributed by atoms with Gasteiger partial charge in [-0.25, -0.2) is 4.98 Å². The standard InChI is InChI=1S/C7H8F3N3O2/c8-7(9,10)15-5-3(1-11)6(12)13-2-4(5)14/h2,14H,1,11H2,(H2,12,13). The molecule has 1 heterocycles. The summed E-state index contributed by atoms with van der Waals surface area (Å²) in [7, 11) is 0. The molecule has 0 atom stereocenters. The summed E-state index contributed by atoms with van der Waals surface area (Å²) in [5.74, 6) is -1.78. The molecule has 0 saturated carbocycles. The molecule has 0 aliphatic carbocycles. The highest BCUT2D eigenvalue weighted by molar-refractivity contribution is 5.54. The molecule has 1 rings (SSSR count). The number of hydrogen-bond donors (Lipinski definition) is 3. The quantitative estimate of drug-likeness (QED) is 0.686. The SMILES string of the molecule is NCc1c(N)ncc(O)c1OC(F)(F)F. The van der Waals surface area contributed by atoms with Crippen LogP contribution in [0.5, 0.6) is 11.5 Å². The van der Waals surface area contributed by atoms with E-state index in [2.05, 4.69) is 9.72 Å². The maximum Gasteiger partial charge on any atom is 0.573 e. The highest BCUT2D eigenvalue weighted by Crippen LogP contribution is 2.36. The predicted molar refractivity (Wildman–Crippen MR) is 44.9 cm³/mol. The topological polar surface area (TPSA) is 94.4 Å². The van der Waals surface area contributed by atoms with Crippen molar-refractivity contribution in [3.63, 3.8) is 0 Å². The molecular weight excluding hydrogens is 215 g/mol. The summed E-state index contributed by atoms with van der Waals surface area (Å²) in [6.45, 7) is -0.321. The number of nitrogens with zero attached hydrogens (tertiary/aromatic N) is 1. The average molecular weight is 223 g/mol. The summed E-state index contributed by atoms with van der Waals surface area (Å²) in [5.41, 5.74) is 10.2. The van der Waals surface area contributed by atoms with Gasteiger partial charge >= 0.3 is 6.36 Å². The molecule has 0 amide bonds. The maximum absolute atomic E-state index is 11.9. The van der Waals surface area contributed by atoms with Crippen molar-refractivity contribution in [3.8, 4) is 11.5 Å². The van der Waals surface area contributed by atoms with Gasteiger partial charge in [-0.05, 0) is 0 Å². The second-order valence-electron chi connectivity index (χ2n) is 2.59. The Bertz CT molecular complexity index is 367. The number of nitrogens with two attached hydrogens (primary N) is 2. The minimum absolute atomic E-state index is 0.188. The summed E-state index contributed by atoms with van der Waals surface area (Å²) in [6, 6.07) is 0. The Hall–Kier alpha value is -1.70. The van der Waals surface area contributed by atoms with Gasteiger partial charge in [-0.3, -0.25) is 0 Å². The first-order chi connectivity index (χ1) is 6.85. The number of nitrogen functional groups attached to an aromatic ring is 1. The molecule has 0 fully saturated rings. The first-order valence-electron chi connectivity index (χ1n) is 3.77. The van der Waals surface area contributed by atoms with Gasteiger partial charge in [-0.2, -0.15) is 0 Å². The van der Waals surface area contributed by atoms with Crippen LogP contribution in [-0.4, -0.2) is 16.5 Å². The number of aromatic nitrogens is 1. The van der Waals surface area contributed by atoms with Crippen molar-refractivity contribution in [2.75, 3.05) is 5.73 Å². The van der Waals surface area contributed by atoms with Gasteiger partial charge in [0.05, 0.1) is 11.8 Å². The minimum Gasteiger partial charge on any atom is -0.503 e. The van der Waals surface area contributed by atoms with Crippen molar-refractivity contribution < 1.29 is 23.0 Å². The fourth-order valence-electron chi connectivity index (χ4n) is 0.965. The molecule has 0 radical (unpaired) electrons. The summed E-state index contributed by atoms with van der Waals surface area (Å²) < 4.78 is 39.4. The second-order valence-corrected chi connectivity index (χ2v) is 2.59. The number of alkyl halides is 3. The average Bonchev–Trinajstić information content (AvgIpc) is 2.10. The molecule has 0 aromatic carbocycles. The molecule has 84 valence electrons. The normalized spacial score (nSPS) is 11.5. The fraction of sp³-hybridized carbons (Fsp3) is 0.286. The minimum atomic E-state index is -4.92. The number of anilines is 1. The van der Waals surface area contributed by atoms with Crippen molar-refractivity contribution in [1.29, 1.82) is 0 Å². The van der Waals surface area contributed by atoms with Crippen LogP contribution < -0.4 is 16.2 Å². The van der Waals surface area contributed by atoms with Crippen LogP contribution in [0.4, 0.5) is 19.0 Å². The zero-order valence-corrected chi connectivity index (χ0v) is 7.38. The Morgan fingerprint density at radius 3 is 2.53 bits per heavy atom. The molecule has 1 aromatic rings. The third-order valence-electron chi connectivity index (χ3n) is 1.56. The molecule has 1 aromatic heterocycles. The molecule has 0 saturated heterocycles. The molecule has 5 nitrogen and oxygen atoms in total. The molecule has 0 spiro atoms. The smallest absolute Gasteiger partial charge is 0.503 e. The summed E-state index contributed by atoms with van der Waals surface area (Å²) in [5, 5.41) is 9.11. The van der Waals surface area contributed by atoms with E-state index in [1.165, 1.54) is 0 Å². The van der Waals surface area contributed by atoms with Crippen LogP contribution in [0.25, 0.3) is 0 Å². The number of rotatable bonds is 2. The largest absolute Gasteiger partial charge is 0.573 e. The van der Waals surface area contributed by atoms with Crippen LogP contribution in [0.15, 0.2) is 6.20 Å². The first-order valence-corrected chi connectivity index (χ1v) is 3.77. The van der Waals surface area contributed by atoms with E-state index >= 15 is 0 Å². The van der Waals surface area contributed by atoms with Crippen molar-refractivity contribution in [2.24, 2.45) is 5.73 Å². The van der Waals surface area contributed by atoms with E-state index in [4.69, 9.17) is 16.6 Å². The third-order valence-corrected chi connectivity index (χ3v) is 1.56. The summed E-state index contributed by atoms with van der Waals surface area (Å²) >= 11 is 0. The van der Waals surface area contributed by atoms with Gasteiger partial charge in [0.1, 0.15) is 5.82 Å². The van der Waals surface area contributed by atoms with Gasteiger partial charge in [0, 0.05) is 6.54 Å². The molecular formula is C7H8F3N3O2. The third kappa shape index (κ3) is 2.62. The predicted octanol–water partition coefficient (Wildman–Crippen LogP) is 0.727. The first kappa shape index (κ1) is 11.4. The van der Waals surface area contributed by atoms with E-state index in [-0.39, 0.29) is 17.9 Å². The van der Waals surface area contributed by atoms with Crippen LogP contribution in [0, 0.1) is 0 Å². The van der Waals surface area contributed by atoms with Crippen molar-refractivity contribution in [1.82, 2.24) is 4.98 Å². The Morgan fingerprint density at radius 2 is 2.07 bits per heavy atom. The molecule has 0 aliphatic heterocycles. The van der Waals surface area contributed by atoms with E-state index in [0.29, 0.717) is 0 Å². The molecule has 0 unspecified atom stereocenters. The number of hydrogen-bond acceptors (Lipinski definition) is 5.